The van der Waals surface area contributed by atoms with Gasteiger partial charge in [0.25, 0.3) is 0 Å². The van der Waals surface area contributed by atoms with Gasteiger partial charge in [0.05, 0.1) is 55.8 Å². The minimum Gasteiger partial charge on any atom is -0.309 e. The van der Waals surface area contributed by atoms with Crippen LogP contribution in [0.5, 0.6) is 0 Å². The van der Waals surface area contributed by atoms with Crippen molar-refractivity contribution in [3.8, 4) is 22.3 Å². The Labute approximate surface area is 429 Å². The first kappa shape index (κ1) is 42.3. The third-order valence-corrected chi connectivity index (χ3v) is 15.8. The molecule has 0 N–H and O–H groups in total. The SMILES string of the molecule is Cc1cc(C)c(-c2ccccc2)c(N(c2ccccc2)c2ccc3c4cc5c(cc4n4c6ccccc6c2c34)c2ccc(N(c3ccccc3)c3cc(C)cc(C)c3-c3ccccc3)c3c4ccccc4n5c23)c1. The number of fused-ring (bicyclic) bond motifs is 12. The van der Waals surface area contributed by atoms with E-state index in [0.717, 1.165) is 22.7 Å². The maximum atomic E-state index is 2.56. The highest BCUT2D eigenvalue weighted by molar-refractivity contribution is 6.32. The van der Waals surface area contributed by atoms with E-state index in [1.807, 2.05) is 0 Å². The fourth-order valence-corrected chi connectivity index (χ4v) is 13.0. The molecule has 4 heterocycles. The lowest BCUT2D eigenvalue weighted by Gasteiger charge is -2.30. The van der Waals surface area contributed by atoms with E-state index >= 15 is 0 Å². The topological polar surface area (TPSA) is 15.3 Å². The molecule has 0 unspecified atom stereocenters. The Bertz CT molecular complexity index is 4380. The van der Waals surface area contributed by atoms with E-state index in [2.05, 4.69) is 277 Å². The van der Waals surface area contributed by atoms with Crippen LogP contribution in [-0.4, -0.2) is 8.80 Å². The number of nitrogens with zero attached hydrogens (tertiary/aromatic N) is 4. The number of hydrogen-bond donors (Lipinski definition) is 0. The van der Waals surface area contributed by atoms with Gasteiger partial charge in [0.1, 0.15) is 0 Å². The van der Waals surface area contributed by atoms with E-state index in [4.69, 9.17) is 0 Å². The van der Waals surface area contributed by atoms with Crippen LogP contribution < -0.4 is 9.80 Å². The van der Waals surface area contributed by atoms with E-state index in [1.165, 1.54) is 132 Å². The van der Waals surface area contributed by atoms with Gasteiger partial charge in [-0.25, -0.2) is 0 Å². The highest BCUT2D eigenvalue weighted by Crippen LogP contribution is 2.53. The summed E-state index contributed by atoms with van der Waals surface area (Å²) < 4.78 is 5.11. The van der Waals surface area contributed by atoms with Crippen molar-refractivity contribution in [2.45, 2.75) is 27.7 Å². The van der Waals surface area contributed by atoms with Crippen molar-refractivity contribution >= 4 is 110 Å². The van der Waals surface area contributed by atoms with Gasteiger partial charge in [0.15, 0.2) is 0 Å². The van der Waals surface area contributed by atoms with Crippen molar-refractivity contribution in [2.75, 3.05) is 9.80 Å². The van der Waals surface area contributed by atoms with E-state index < -0.39 is 0 Å². The number of para-hydroxylation sites is 4. The second-order valence-electron chi connectivity index (χ2n) is 20.3. The minimum atomic E-state index is 1.12. The van der Waals surface area contributed by atoms with E-state index in [0.29, 0.717) is 0 Å². The van der Waals surface area contributed by atoms with Crippen LogP contribution in [0.25, 0.3) is 98.4 Å². The maximum absolute atomic E-state index is 2.56. The van der Waals surface area contributed by atoms with Crippen LogP contribution in [0, 0.1) is 27.7 Å². The van der Waals surface area contributed by atoms with Gasteiger partial charge in [-0.1, -0.05) is 158 Å². The zero-order valence-electron chi connectivity index (χ0n) is 41.7. The molecule has 350 valence electrons. The molecule has 11 aromatic carbocycles. The third kappa shape index (κ3) is 6.03. The minimum absolute atomic E-state index is 1.12. The molecule has 4 heteroatoms. The van der Waals surface area contributed by atoms with E-state index in [-0.39, 0.29) is 0 Å². The smallest absolute Gasteiger partial charge is 0.0641 e. The first-order valence-electron chi connectivity index (χ1n) is 25.8. The molecular formula is C70H50N4. The van der Waals surface area contributed by atoms with Gasteiger partial charge >= 0.3 is 0 Å². The first-order chi connectivity index (χ1) is 36.4. The summed E-state index contributed by atoms with van der Waals surface area (Å²) in [5.74, 6) is 0. The van der Waals surface area contributed by atoms with Crippen LogP contribution in [0.3, 0.4) is 0 Å². The zero-order chi connectivity index (χ0) is 49.3. The number of aromatic nitrogens is 2. The fraction of sp³-hybridized carbons (Fsp3) is 0.0571. The number of benzene rings is 11. The number of aryl methyl sites for hydroxylation is 4. The summed E-state index contributed by atoms with van der Waals surface area (Å²) in [5, 5.41) is 9.96. The lowest BCUT2D eigenvalue weighted by molar-refractivity contribution is 1.26. The average Bonchev–Trinajstić information content (AvgIpc) is 4.16. The van der Waals surface area contributed by atoms with Crippen molar-refractivity contribution < 1.29 is 0 Å². The predicted molar refractivity (Wildman–Crippen MR) is 315 cm³/mol. The van der Waals surface area contributed by atoms with Crippen molar-refractivity contribution in [3.63, 3.8) is 0 Å². The summed E-state index contributed by atoms with van der Waals surface area (Å²) in [7, 11) is 0. The molecule has 0 atom stereocenters. The summed E-state index contributed by atoms with van der Waals surface area (Å²) in [6.07, 6.45) is 0. The standard InChI is InChI=1S/C70H50N4/c1-43-37-45(3)65(47-21-9-5-10-22-47)63(39-43)71(49-25-13-7-14-26-49)59-35-33-51-55-41-62-56(42-61(55)73-57-31-19-17-29-53(57)67(59)69(51)73)52-34-36-60(68-54-30-18-20-32-58(54)74(62)70(52)68)72(50-27-15-8-16-28-50)64-40-44(2)38-46(4)66(64)48-23-11-6-12-24-48/h5-42H,1-4H3. The van der Waals surface area contributed by atoms with Crippen molar-refractivity contribution in [2.24, 2.45) is 0 Å². The maximum Gasteiger partial charge on any atom is 0.0641 e. The van der Waals surface area contributed by atoms with Gasteiger partial charge in [-0.15, -0.1) is 0 Å². The molecule has 4 nitrogen and oxygen atoms in total. The van der Waals surface area contributed by atoms with E-state index in [9.17, 15) is 0 Å². The molecule has 0 amide bonds. The highest BCUT2D eigenvalue weighted by Gasteiger charge is 2.30. The fourth-order valence-electron chi connectivity index (χ4n) is 13.0. The van der Waals surface area contributed by atoms with Gasteiger partial charge in [0, 0.05) is 65.6 Å². The van der Waals surface area contributed by atoms with Crippen LogP contribution in [0.4, 0.5) is 34.1 Å². The van der Waals surface area contributed by atoms with Crippen LogP contribution in [0.15, 0.2) is 231 Å². The zero-order valence-corrected chi connectivity index (χ0v) is 41.7. The molecule has 0 aliphatic carbocycles. The van der Waals surface area contributed by atoms with E-state index in [1.54, 1.807) is 0 Å². The Morgan fingerprint density at radius 3 is 1.05 bits per heavy atom. The molecule has 0 saturated carbocycles. The van der Waals surface area contributed by atoms with Gasteiger partial charge in [-0.2, -0.15) is 0 Å². The lowest BCUT2D eigenvalue weighted by Crippen LogP contribution is -2.12. The van der Waals surface area contributed by atoms with Gasteiger partial charge in [-0.3, -0.25) is 0 Å². The summed E-state index contributed by atoms with van der Waals surface area (Å²) >= 11 is 0. The molecule has 0 fully saturated rings. The molecule has 0 aliphatic rings. The monoisotopic (exact) mass is 946 g/mol. The van der Waals surface area contributed by atoms with Crippen LogP contribution >= 0.6 is 0 Å². The van der Waals surface area contributed by atoms with Crippen LogP contribution in [-0.2, 0) is 0 Å². The second-order valence-corrected chi connectivity index (χ2v) is 20.3. The largest absolute Gasteiger partial charge is 0.309 e. The first-order valence-corrected chi connectivity index (χ1v) is 25.8. The van der Waals surface area contributed by atoms with Crippen molar-refractivity contribution in [3.05, 3.63) is 253 Å². The lowest BCUT2D eigenvalue weighted by atomic mass is 9.94. The Hall–Kier alpha value is -9.38. The molecule has 0 radical (unpaired) electrons. The Kier molecular flexibility index (Phi) is 9.19. The summed E-state index contributed by atoms with van der Waals surface area (Å²) in [5.41, 5.74) is 24.1. The van der Waals surface area contributed by atoms with Gasteiger partial charge in [-0.05, 0) is 134 Å². The molecule has 4 aromatic heterocycles. The third-order valence-electron chi connectivity index (χ3n) is 15.8. The summed E-state index contributed by atoms with van der Waals surface area (Å²) in [4.78, 5) is 5.02. The number of rotatable bonds is 8. The average molecular weight is 947 g/mol. The quantitative estimate of drug-likeness (QED) is 0.151. The van der Waals surface area contributed by atoms with Gasteiger partial charge in [0.2, 0.25) is 0 Å². The molecule has 15 aromatic rings. The van der Waals surface area contributed by atoms with Crippen LogP contribution in [0.1, 0.15) is 22.3 Å². The molecule has 0 aliphatic heterocycles. The highest BCUT2D eigenvalue weighted by atomic mass is 15.2. The predicted octanol–water partition coefficient (Wildman–Crippen LogP) is 19.5. The molecule has 15 rings (SSSR count). The molecule has 0 spiro atoms. The molecule has 0 bridgehead atoms. The van der Waals surface area contributed by atoms with Crippen LogP contribution in [0.2, 0.25) is 0 Å². The van der Waals surface area contributed by atoms with Gasteiger partial charge < -0.3 is 18.6 Å². The summed E-state index contributed by atoms with van der Waals surface area (Å²) in [6.45, 7) is 8.94. The Balaban J connectivity index is 1.02. The number of anilines is 6. The Morgan fingerprint density at radius 1 is 0.284 bits per heavy atom. The second kappa shape index (κ2) is 16.1. The molecule has 74 heavy (non-hydrogen) atoms. The van der Waals surface area contributed by atoms with Crippen molar-refractivity contribution in [1.29, 1.82) is 0 Å². The summed E-state index contributed by atoms with van der Waals surface area (Å²) in [6, 6.07) is 85.6. The molecule has 0 saturated heterocycles. The van der Waals surface area contributed by atoms with Crippen molar-refractivity contribution in [1.82, 2.24) is 8.80 Å². The Morgan fingerprint density at radius 2 is 0.649 bits per heavy atom. The number of hydrogen-bond acceptors (Lipinski definition) is 2. The molecular weight excluding hydrogens is 897 g/mol. The normalized spacial score (nSPS) is 12.1.